The lowest BCUT2D eigenvalue weighted by atomic mass is 9.87. The number of nitrogens with zero attached hydrogens (tertiary/aromatic N) is 1. The van der Waals surface area contributed by atoms with Gasteiger partial charge < -0.3 is 20.1 Å². The summed E-state index contributed by atoms with van der Waals surface area (Å²) in [5, 5.41) is 27.8. The average Bonchev–Trinajstić information content (AvgIpc) is 3.06. The van der Waals surface area contributed by atoms with Gasteiger partial charge in [-0.3, -0.25) is 4.90 Å². The molecular formula is C16H31NO4. The third kappa shape index (κ3) is 5.49. The molecule has 2 aliphatic carbocycles. The Bertz CT molecular complexity index is 283. The van der Waals surface area contributed by atoms with Crippen LogP contribution < -0.4 is 0 Å². The van der Waals surface area contributed by atoms with E-state index in [1.54, 1.807) is 0 Å². The zero-order chi connectivity index (χ0) is 15.1. The summed E-state index contributed by atoms with van der Waals surface area (Å²) in [6, 6.07) is 0. The summed E-state index contributed by atoms with van der Waals surface area (Å²) in [7, 11) is 0. The number of rotatable bonds is 11. The van der Waals surface area contributed by atoms with Crippen molar-refractivity contribution in [1.29, 1.82) is 0 Å². The van der Waals surface area contributed by atoms with E-state index in [2.05, 4.69) is 0 Å². The molecule has 0 saturated heterocycles. The maximum Gasteiger partial charge on any atom is 0.0900 e. The van der Waals surface area contributed by atoms with Crippen molar-refractivity contribution in [3.05, 3.63) is 0 Å². The molecule has 0 unspecified atom stereocenters. The minimum Gasteiger partial charge on any atom is -0.395 e. The normalized spacial score (nSPS) is 29.4. The smallest absolute Gasteiger partial charge is 0.0900 e. The Labute approximate surface area is 127 Å². The van der Waals surface area contributed by atoms with Gasteiger partial charge in [-0.15, -0.1) is 0 Å². The zero-order valence-corrected chi connectivity index (χ0v) is 13.0. The second-order valence-electron chi connectivity index (χ2n) is 6.70. The molecule has 124 valence electrons. The highest BCUT2D eigenvalue weighted by Gasteiger charge is 2.38. The predicted molar refractivity (Wildman–Crippen MR) is 81.0 cm³/mol. The molecule has 0 radical (unpaired) electrons. The molecule has 5 heteroatoms. The zero-order valence-electron chi connectivity index (χ0n) is 13.0. The van der Waals surface area contributed by atoms with Crippen molar-refractivity contribution in [2.45, 2.75) is 38.2 Å². The summed E-state index contributed by atoms with van der Waals surface area (Å²) in [6.45, 7) is 2.55. The van der Waals surface area contributed by atoms with E-state index in [0.29, 0.717) is 26.2 Å². The van der Waals surface area contributed by atoms with E-state index in [0.717, 1.165) is 30.8 Å². The van der Waals surface area contributed by atoms with Crippen molar-refractivity contribution in [2.24, 2.45) is 17.8 Å². The van der Waals surface area contributed by atoms with Crippen molar-refractivity contribution >= 4 is 0 Å². The van der Waals surface area contributed by atoms with E-state index in [-0.39, 0.29) is 13.2 Å². The molecule has 2 saturated carbocycles. The van der Waals surface area contributed by atoms with Crippen LogP contribution in [0.2, 0.25) is 0 Å². The molecule has 0 aromatic carbocycles. The van der Waals surface area contributed by atoms with Gasteiger partial charge >= 0.3 is 0 Å². The molecule has 0 spiro atoms. The second kappa shape index (κ2) is 9.06. The molecule has 2 bridgehead atoms. The Hall–Kier alpha value is -0.200. The first-order chi connectivity index (χ1) is 10.2. The highest BCUT2D eigenvalue weighted by molar-refractivity contribution is 4.89. The predicted octanol–water partition coefficient (Wildman–Crippen LogP) is 0.477. The first-order valence-corrected chi connectivity index (χ1v) is 8.42. The van der Waals surface area contributed by atoms with E-state index >= 15 is 0 Å². The summed E-state index contributed by atoms with van der Waals surface area (Å²) in [4.78, 5) is 1.85. The highest BCUT2D eigenvalue weighted by Crippen LogP contribution is 2.49. The summed E-state index contributed by atoms with van der Waals surface area (Å²) >= 11 is 0. The molecule has 2 aliphatic rings. The number of fused-ring (bicyclic) bond motifs is 2. The average molecular weight is 301 g/mol. The van der Waals surface area contributed by atoms with E-state index in [1.807, 2.05) is 4.90 Å². The summed E-state index contributed by atoms with van der Waals surface area (Å²) in [6.07, 6.45) is 6.25. The maximum atomic E-state index is 9.94. The maximum absolute atomic E-state index is 9.94. The Morgan fingerprint density at radius 3 is 2.43 bits per heavy atom. The summed E-state index contributed by atoms with van der Waals surface area (Å²) in [5.74, 6) is 2.77. The van der Waals surface area contributed by atoms with Crippen molar-refractivity contribution in [2.75, 3.05) is 46.1 Å². The van der Waals surface area contributed by atoms with E-state index in [9.17, 15) is 5.11 Å². The van der Waals surface area contributed by atoms with Crippen LogP contribution in [0.4, 0.5) is 0 Å². The first-order valence-electron chi connectivity index (χ1n) is 8.42. The van der Waals surface area contributed by atoms with Crippen molar-refractivity contribution < 1.29 is 20.1 Å². The quantitative estimate of drug-likeness (QED) is 0.484. The molecule has 0 heterocycles. The minimum absolute atomic E-state index is 0.0395. The molecule has 2 rings (SSSR count). The van der Waals surface area contributed by atoms with Crippen LogP contribution in [0.15, 0.2) is 0 Å². The van der Waals surface area contributed by atoms with Crippen LogP contribution in [0, 0.1) is 17.8 Å². The molecule has 0 aromatic heterocycles. The molecule has 4 atom stereocenters. The number of hydrogen-bond acceptors (Lipinski definition) is 5. The lowest BCUT2D eigenvalue weighted by Crippen LogP contribution is -2.38. The summed E-state index contributed by atoms with van der Waals surface area (Å²) < 4.78 is 5.62. The van der Waals surface area contributed by atoms with Gasteiger partial charge in [0.25, 0.3) is 0 Å². The van der Waals surface area contributed by atoms with Gasteiger partial charge in [0.05, 0.1) is 25.9 Å². The lowest BCUT2D eigenvalue weighted by molar-refractivity contribution is 0.00617. The molecule has 5 nitrogen and oxygen atoms in total. The van der Waals surface area contributed by atoms with Crippen LogP contribution >= 0.6 is 0 Å². The monoisotopic (exact) mass is 301 g/mol. The molecule has 21 heavy (non-hydrogen) atoms. The van der Waals surface area contributed by atoms with Gasteiger partial charge in [0.1, 0.15) is 0 Å². The van der Waals surface area contributed by atoms with Crippen LogP contribution in [0.3, 0.4) is 0 Å². The van der Waals surface area contributed by atoms with Crippen LogP contribution in [-0.2, 0) is 4.74 Å². The van der Waals surface area contributed by atoms with Crippen LogP contribution in [0.5, 0.6) is 0 Å². The van der Waals surface area contributed by atoms with Crippen molar-refractivity contribution in [3.63, 3.8) is 0 Å². The fourth-order valence-corrected chi connectivity index (χ4v) is 4.11. The number of aliphatic hydroxyl groups excluding tert-OH is 3. The Morgan fingerprint density at radius 2 is 1.86 bits per heavy atom. The van der Waals surface area contributed by atoms with Crippen molar-refractivity contribution in [3.8, 4) is 0 Å². The van der Waals surface area contributed by atoms with Crippen LogP contribution in [0.25, 0.3) is 0 Å². The topological polar surface area (TPSA) is 73.2 Å². The number of hydrogen-bond donors (Lipinski definition) is 3. The largest absolute Gasteiger partial charge is 0.395 e. The van der Waals surface area contributed by atoms with Crippen LogP contribution in [-0.4, -0.2) is 72.4 Å². The minimum atomic E-state index is -0.553. The fraction of sp³-hybridized carbons (Fsp3) is 1.00. The number of aliphatic hydroxyl groups is 3. The van der Waals surface area contributed by atoms with Gasteiger partial charge in [0.15, 0.2) is 0 Å². The van der Waals surface area contributed by atoms with Crippen LogP contribution in [0.1, 0.15) is 32.1 Å². The second-order valence-corrected chi connectivity index (χ2v) is 6.70. The molecular weight excluding hydrogens is 270 g/mol. The Morgan fingerprint density at radius 1 is 1.10 bits per heavy atom. The van der Waals surface area contributed by atoms with Gasteiger partial charge in [-0.05, 0) is 43.4 Å². The fourth-order valence-electron chi connectivity index (χ4n) is 4.11. The molecule has 2 fully saturated rings. The van der Waals surface area contributed by atoms with Gasteiger partial charge in [-0.2, -0.15) is 0 Å². The number of ether oxygens (including phenoxy) is 1. The SMILES string of the molecule is OCCN(CCO)C[C@@H](O)COCC[C@H]1C[C@@H]2CC[C@@H]1C2. The Balaban J connectivity index is 1.53. The van der Waals surface area contributed by atoms with Gasteiger partial charge in [-0.1, -0.05) is 6.42 Å². The molecule has 0 aromatic rings. The third-order valence-corrected chi connectivity index (χ3v) is 5.13. The highest BCUT2D eigenvalue weighted by atomic mass is 16.5. The van der Waals surface area contributed by atoms with E-state index in [4.69, 9.17) is 14.9 Å². The van der Waals surface area contributed by atoms with E-state index < -0.39 is 6.10 Å². The summed E-state index contributed by atoms with van der Waals surface area (Å²) in [5.41, 5.74) is 0. The third-order valence-electron chi connectivity index (χ3n) is 5.13. The Kier molecular flexibility index (Phi) is 7.40. The molecule has 3 N–H and O–H groups in total. The van der Waals surface area contributed by atoms with Gasteiger partial charge in [0, 0.05) is 26.2 Å². The van der Waals surface area contributed by atoms with Crippen molar-refractivity contribution in [1.82, 2.24) is 4.90 Å². The van der Waals surface area contributed by atoms with Gasteiger partial charge in [-0.25, -0.2) is 0 Å². The standard InChI is InChI=1S/C16H31NO4/c18-6-4-17(5-7-19)11-16(20)12-21-8-3-15-10-13-1-2-14(15)9-13/h13-16,18-20H,1-12H2/t13-,14-,15+,16-/m1/s1. The lowest BCUT2D eigenvalue weighted by Gasteiger charge is -2.24. The molecule has 0 aliphatic heterocycles. The van der Waals surface area contributed by atoms with E-state index in [1.165, 1.54) is 25.7 Å². The first kappa shape index (κ1) is 17.2. The molecule has 0 amide bonds. The van der Waals surface area contributed by atoms with Gasteiger partial charge in [0.2, 0.25) is 0 Å².